The Hall–Kier alpha value is -2.24. The Morgan fingerprint density at radius 3 is 1.69 bits per heavy atom. The fourth-order valence-electron chi connectivity index (χ4n) is 6.98. The highest BCUT2D eigenvalue weighted by Gasteiger charge is 2.46. The monoisotopic (exact) mass is 925 g/mol. The van der Waals surface area contributed by atoms with E-state index in [0.29, 0.717) is 12.8 Å². The number of aromatic nitrogens is 2. The van der Waals surface area contributed by atoms with Gasteiger partial charge in [0.15, 0.2) is 12.3 Å². The van der Waals surface area contributed by atoms with Gasteiger partial charge in [0.2, 0.25) is 0 Å². The van der Waals surface area contributed by atoms with Gasteiger partial charge in [-0.05, 0) is 30.7 Å². The average molecular weight is 926 g/mol. The van der Waals surface area contributed by atoms with Crippen molar-refractivity contribution < 1.29 is 66.3 Å². The summed E-state index contributed by atoms with van der Waals surface area (Å²) in [5.74, 6) is 0.184. The molecule has 6 N–H and O–H groups in total. The zero-order valence-corrected chi connectivity index (χ0v) is 39.3. The SMILES string of the molecule is CC(C)CCCCCCCCCCCC(=O)OC[C@H](COP(=O)(O)OP(=O)(O)OC[C@H]1O[C@@H](n2ccc(N)nc2=O)C(O)[C@H]1O)OC(=O)CCCCCCCCCCCC(C)C. The van der Waals surface area contributed by atoms with Crippen molar-refractivity contribution in [3.63, 3.8) is 0 Å². The minimum Gasteiger partial charge on any atom is -0.462 e. The first-order valence-electron chi connectivity index (χ1n) is 22.8. The molecule has 360 valence electrons. The van der Waals surface area contributed by atoms with Crippen LogP contribution in [0.1, 0.15) is 175 Å². The van der Waals surface area contributed by atoms with E-state index in [0.717, 1.165) is 74.0 Å². The molecule has 1 aromatic heterocycles. The number of esters is 2. The Balaban J connectivity index is 1.84. The van der Waals surface area contributed by atoms with Crippen molar-refractivity contribution in [2.24, 2.45) is 11.8 Å². The summed E-state index contributed by atoms with van der Waals surface area (Å²) in [6.07, 6.45) is 15.2. The van der Waals surface area contributed by atoms with Crippen LogP contribution in [-0.4, -0.2) is 85.7 Å². The summed E-state index contributed by atoms with van der Waals surface area (Å²) in [7, 11) is -10.8. The zero-order valence-electron chi connectivity index (χ0n) is 37.5. The standard InChI is InChI=1S/C42H77N3O15P2/c1-32(2)23-19-15-11-7-5-9-13-17-21-25-37(46)55-29-34(58-38(47)26-22-18-14-10-6-8-12-16-20-24-33(3)4)30-56-61(51,52)60-62(53,54)57-31-35-39(48)40(49)41(59-35)45-28-27-36(43)44-42(45)50/h27-28,32-35,39-41,48-49H,5-26,29-31H2,1-4H3,(H,51,52)(H,53,54)(H2,43,44,50)/t34-,35-,39+,40?,41-/m1/s1. The topological polar surface area (TPSA) is 265 Å². The predicted molar refractivity (Wildman–Crippen MR) is 234 cm³/mol. The summed E-state index contributed by atoms with van der Waals surface area (Å²) in [5, 5.41) is 20.8. The van der Waals surface area contributed by atoms with Gasteiger partial charge in [-0.25, -0.2) is 13.9 Å². The predicted octanol–water partition coefficient (Wildman–Crippen LogP) is 8.04. The molecule has 1 aliphatic rings. The molecular formula is C42H77N3O15P2. The molecule has 2 rings (SSSR count). The van der Waals surface area contributed by atoms with E-state index in [9.17, 15) is 43.5 Å². The van der Waals surface area contributed by atoms with E-state index in [1.165, 1.54) is 70.3 Å². The van der Waals surface area contributed by atoms with E-state index >= 15 is 0 Å². The van der Waals surface area contributed by atoms with Crippen LogP contribution in [-0.2, 0) is 46.3 Å². The Morgan fingerprint density at radius 2 is 1.19 bits per heavy atom. The number of nitrogens with two attached hydrogens (primary N) is 1. The first-order valence-corrected chi connectivity index (χ1v) is 25.8. The third-order valence-electron chi connectivity index (χ3n) is 10.5. The van der Waals surface area contributed by atoms with Crippen LogP contribution in [0.2, 0.25) is 0 Å². The number of unbranched alkanes of at least 4 members (excludes halogenated alkanes) is 16. The van der Waals surface area contributed by atoms with E-state index in [4.69, 9.17) is 29.0 Å². The van der Waals surface area contributed by atoms with Crippen LogP contribution < -0.4 is 11.4 Å². The number of hydrogen-bond donors (Lipinski definition) is 5. The molecular weight excluding hydrogens is 848 g/mol. The smallest absolute Gasteiger partial charge is 0.462 e. The summed E-state index contributed by atoms with van der Waals surface area (Å²) in [6.45, 7) is 6.67. The number of rotatable bonds is 36. The van der Waals surface area contributed by atoms with Gasteiger partial charge >= 0.3 is 33.3 Å². The maximum absolute atomic E-state index is 12.8. The van der Waals surface area contributed by atoms with Crippen molar-refractivity contribution in [2.45, 2.75) is 200 Å². The summed E-state index contributed by atoms with van der Waals surface area (Å²) in [6, 6.07) is 1.25. The number of carbonyl (C=O) groups is 2. The van der Waals surface area contributed by atoms with E-state index < -0.39 is 83.7 Å². The number of phosphoric ester groups is 2. The molecule has 1 aliphatic heterocycles. The highest BCUT2D eigenvalue weighted by atomic mass is 31.3. The van der Waals surface area contributed by atoms with Crippen molar-refractivity contribution in [1.82, 2.24) is 9.55 Å². The van der Waals surface area contributed by atoms with Gasteiger partial charge in [-0.15, -0.1) is 0 Å². The molecule has 62 heavy (non-hydrogen) atoms. The molecule has 0 bridgehead atoms. The molecule has 3 unspecified atom stereocenters. The molecule has 0 saturated carbocycles. The van der Waals surface area contributed by atoms with Gasteiger partial charge < -0.3 is 39.9 Å². The molecule has 0 spiro atoms. The van der Waals surface area contributed by atoms with Crippen molar-refractivity contribution in [2.75, 3.05) is 25.6 Å². The zero-order chi connectivity index (χ0) is 46.0. The summed E-state index contributed by atoms with van der Waals surface area (Å²) < 4.78 is 56.6. The third-order valence-corrected chi connectivity index (χ3v) is 13.1. The highest BCUT2D eigenvalue weighted by Crippen LogP contribution is 2.60. The fourth-order valence-corrected chi connectivity index (χ4v) is 9.09. The van der Waals surface area contributed by atoms with Gasteiger partial charge in [0.1, 0.15) is 30.7 Å². The molecule has 7 atom stereocenters. The summed E-state index contributed by atoms with van der Waals surface area (Å²) in [4.78, 5) is 61.6. The molecule has 1 fully saturated rings. The van der Waals surface area contributed by atoms with Crippen molar-refractivity contribution >= 4 is 33.4 Å². The van der Waals surface area contributed by atoms with Crippen LogP contribution in [0.25, 0.3) is 0 Å². The van der Waals surface area contributed by atoms with Crippen LogP contribution >= 0.6 is 15.6 Å². The fraction of sp³-hybridized carbons (Fsp3) is 0.857. The lowest BCUT2D eigenvalue weighted by Crippen LogP contribution is -2.36. The molecule has 1 saturated heterocycles. The molecule has 0 radical (unpaired) electrons. The van der Waals surface area contributed by atoms with Crippen LogP contribution in [0, 0.1) is 11.8 Å². The molecule has 18 nitrogen and oxygen atoms in total. The molecule has 0 aliphatic carbocycles. The van der Waals surface area contributed by atoms with E-state index in [1.807, 2.05) is 0 Å². The van der Waals surface area contributed by atoms with Crippen molar-refractivity contribution in [1.29, 1.82) is 0 Å². The summed E-state index contributed by atoms with van der Waals surface area (Å²) >= 11 is 0. The van der Waals surface area contributed by atoms with Crippen LogP contribution in [0.15, 0.2) is 17.1 Å². The lowest BCUT2D eigenvalue weighted by atomic mass is 10.0. The van der Waals surface area contributed by atoms with Crippen LogP contribution in [0.4, 0.5) is 5.82 Å². The van der Waals surface area contributed by atoms with Crippen molar-refractivity contribution in [3.8, 4) is 0 Å². The van der Waals surface area contributed by atoms with Gasteiger partial charge in [-0.2, -0.15) is 9.29 Å². The second kappa shape index (κ2) is 30.8. The van der Waals surface area contributed by atoms with Crippen LogP contribution in [0.3, 0.4) is 0 Å². The van der Waals surface area contributed by atoms with Gasteiger partial charge in [-0.1, -0.05) is 143 Å². The quantitative estimate of drug-likeness (QED) is 0.0242. The van der Waals surface area contributed by atoms with Crippen LogP contribution in [0.5, 0.6) is 0 Å². The number of carbonyl (C=O) groups excluding carboxylic acids is 2. The molecule has 0 aromatic carbocycles. The highest BCUT2D eigenvalue weighted by molar-refractivity contribution is 7.61. The Morgan fingerprint density at radius 1 is 0.726 bits per heavy atom. The molecule has 2 heterocycles. The van der Waals surface area contributed by atoms with E-state index in [1.54, 1.807) is 0 Å². The number of aliphatic hydroxyl groups excluding tert-OH is 2. The first kappa shape index (κ1) is 55.9. The molecule has 1 aromatic rings. The normalized spacial score (nSPS) is 20.3. The van der Waals surface area contributed by atoms with E-state index in [-0.39, 0.29) is 18.7 Å². The van der Waals surface area contributed by atoms with Gasteiger partial charge in [0.25, 0.3) is 0 Å². The average Bonchev–Trinajstić information content (AvgIpc) is 3.47. The third kappa shape index (κ3) is 25.3. The minimum absolute atomic E-state index is 0.0542. The summed E-state index contributed by atoms with van der Waals surface area (Å²) in [5.41, 5.74) is 4.58. The molecule has 0 amide bonds. The second-order valence-corrected chi connectivity index (χ2v) is 20.3. The number of nitrogen functional groups attached to an aromatic ring is 1. The number of anilines is 1. The number of hydrogen-bond acceptors (Lipinski definition) is 15. The first-order chi connectivity index (χ1) is 29.4. The van der Waals surface area contributed by atoms with E-state index in [2.05, 4.69) is 37.0 Å². The van der Waals surface area contributed by atoms with Gasteiger partial charge in [-0.3, -0.25) is 23.2 Å². The van der Waals surface area contributed by atoms with Gasteiger partial charge in [0.05, 0.1) is 13.2 Å². The minimum atomic E-state index is -5.41. The Bertz CT molecular complexity index is 1560. The maximum atomic E-state index is 12.8. The molecule has 20 heteroatoms. The number of nitrogens with zero attached hydrogens (tertiary/aromatic N) is 2. The number of phosphoric acid groups is 2. The largest absolute Gasteiger partial charge is 0.481 e. The van der Waals surface area contributed by atoms with Crippen molar-refractivity contribution in [3.05, 3.63) is 22.7 Å². The Labute approximate surface area is 368 Å². The number of aliphatic hydroxyl groups is 2. The Kier molecular flexibility index (Phi) is 27.8. The maximum Gasteiger partial charge on any atom is 0.481 e. The lowest BCUT2D eigenvalue weighted by molar-refractivity contribution is -0.161. The lowest BCUT2D eigenvalue weighted by Gasteiger charge is -2.21. The second-order valence-electron chi connectivity index (χ2n) is 17.2. The number of ether oxygens (including phenoxy) is 3. The van der Waals surface area contributed by atoms with Gasteiger partial charge in [0, 0.05) is 19.0 Å².